The molecular formula is C22H23N7O. The van der Waals surface area contributed by atoms with Gasteiger partial charge in [-0.15, -0.1) is 5.10 Å². The van der Waals surface area contributed by atoms with E-state index in [0.717, 1.165) is 27.5 Å². The molecule has 152 valence electrons. The molecule has 4 aromatic rings. The molecule has 4 heterocycles. The first kappa shape index (κ1) is 17.6. The number of nitrogens with zero attached hydrogens (tertiary/aromatic N) is 6. The fourth-order valence-corrected chi connectivity index (χ4v) is 5.20. The van der Waals surface area contributed by atoms with E-state index < -0.39 is 0 Å². The van der Waals surface area contributed by atoms with Crippen LogP contribution in [0.3, 0.4) is 0 Å². The van der Waals surface area contributed by atoms with Crippen molar-refractivity contribution in [1.29, 1.82) is 0 Å². The molecule has 0 atom stereocenters. The lowest BCUT2D eigenvalue weighted by molar-refractivity contribution is -0.0514. The summed E-state index contributed by atoms with van der Waals surface area (Å²) in [7, 11) is 3.81. The molecular weight excluding hydrogens is 378 g/mol. The lowest BCUT2D eigenvalue weighted by Gasteiger charge is -2.58. The van der Waals surface area contributed by atoms with Gasteiger partial charge in [-0.25, -0.2) is 19.5 Å². The zero-order valence-electron chi connectivity index (χ0n) is 17.0. The Kier molecular flexibility index (Phi) is 3.73. The number of hydrogen-bond acceptors (Lipinski definition) is 7. The van der Waals surface area contributed by atoms with Crippen LogP contribution in [0, 0.1) is 5.41 Å². The molecule has 30 heavy (non-hydrogen) atoms. The van der Waals surface area contributed by atoms with E-state index in [2.05, 4.69) is 55.5 Å². The first-order chi connectivity index (χ1) is 14.6. The third-order valence-electron chi connectivity index (χ3n) is 6.42. The zero-order chi connectivity index (χ0) is 20.3. The largest absolute Gasteiger partial charge is 0.480 e. The molecule has 0 radical (unpaired) electrons. The van der Waals surface area contributed by atoms with Gasteiger partial charge in [-0.3, -0.25) is 0 Å². The summed E-state index contributed by atoms with van der Waals surface area (Å²) >= 11 is 0. The van der Waals surface area contributed by atoms with Crippen molar-refractivity contribution in [2.45, 2.75) is 18.9 Å². The summed E-state index contributed by atoms with van der Waals surface area (Å²) in [6.45, 7) is 2.43. The Morgan fingerprint density at radius 3 is 2.80 bits per heavy atom. The number of nitrogens with one attached hydrogen (secondary N) is 1. The Labute approximate surface area is 173 Å². The Morgan fingerprint density at radius 1 is 1.13 bits per heavy atom. The second-order valence-electron chi connectivity index (χ2n) is 8.68. The van der Waals surface area contributed by atoms with Crippen molar-refractivity contribution in [2.75, 3.05) is 32.6 Å². The molecule has 2 fully saturated rings. The van der Waals surface area contributed by atoms with Crippen LogP contribution in [-0.2, 0) is 0 Å². The van der Waals surface area contributed by atoms with Gasteiger partial charge in [0.25, 0.3) is 0 Å². The minimum absolute atomic E-state index is 0.471. The number of benzene rings is 1. The van der Waals surface area contributed by atoms with Gasteiger partial charge in [-0.1, -0.05) is 6.07 Å². The van der Waals surface area contributed by atoms with Gasteiger partial charge in [-0.2, -0.15) is 0 Å². The fourth-order valence-electron chi connectivity index (χ4n) is 5.20. The van der Waals surface area contributed by atoms with Crippen molar-refractivity contribution in [1.82, 2.24) is 29.5 Å². The zero-order valence-corrected chi connectivity index (χ0v) is 17.0. The highest BCUT2D eigenvalue weighted by Gasteiger charge is 2.51. The number of hydrogen-bond donors (Lipinski definition) is 1. The number of ether oxygens (including phenoxy) is 1. The predicted octanol–water partition coefficient (Wildman–Crippen LogP) is 2.85. The van der Waals surface area contributed by atoms with E-state index in [1.807, 2.05) is 23.0 Å². The number of aromatic nitrogens is 5. The molecule has 0 amide bonds. The van der Waals surface area contributed by atoms with E-state index in [9.17, 15) is 0 Å². The van der Waals surface area contributed by atoms with Gasteiger partial charge in [0.1, 0.15) is 6.33 Å². The summed E-state index contributed by atoms with van der Waals surface area (Å²) < 4.78 is 7.28. The monoisotopic (exact) mass is 401 g/mol. The predicted molar refractivity (Wildman–Crippen MR) is 115 cm³/mol. The lowest BCUT2D eigenvalue weighted by Crippen LogP contribution is -2.63. The van der Waals surface area contributed by atoms with Crippen molar-refractivity contribution in [3.63, 3.8) is 0 Å². The van der Waals surface area contributed by atoms with E-state index >= 15 is 0 Å². The molecule has 1 aromatic carbocycles. The number of anilines is 1. The molecule has 1 saturated carbocycles. The summed E-state index contributed by atoms with van der Waals surface area (Å²) in [6, 6.07) is 8.63. The normalized spacial score (nSPS) is 18.5. The van der Waals surface area contributed by atoms with Crippen molar-refractivity contribution in [2.24, 2.45) is 5.41 Å². The van der Waals surface area contributed by atoms with Crippen LogP contribution in [0.1, 0.15) is 12.8 Å². The van der Waals surface area contributed by atoms with E-state index in [4.69, 9.17) is 4.74 Å². The molecule has 2 aliphatic rings. The van der Waals surface area contributed by atoms with Gasteiger partial charge >= 0.3 is 0 Å². The van der Waals surface area contributed by atoms with Crippen LogP contribution in [0.25, 0.3) is 27.5 Å². The summed E-state index contributed by atoms with van der Waals surface area (Å²) in [5, 5.41) is 9.07. The summed E-state index contributed by atoms with van der Waals surface area (Å²) in [6.07, 6.45) is 7.79. The number of fused-ring (bicyclic) bond motifs is 2. The summed E-state index contributed by atoms with van der Waals surface area (Å²) in [4.78, 5) is 15.5. The van der Waals surface area contributed by atoms with Gasteiger partial charge in [0.15, 0.2) is 0 Å². The van der Waals surface area contributed by atoms with Crippen molar-refractivity contribution in [3.8, 4) is 17.0 Å². The first-order valence-electron chi connectivity index (χ1n) is 10.2. The molecule has 1 spiro atoms. The van der Waals surface area contributed by atoms with Crippen LogP contribution in [0.4, 0.5) is 5.95 Å². The van der Waals surface area contributed by atoms with E-state index in [0.29, 0.717) is 23.3 Å². The van der Waals surface area contributed by atoms with Gasteiger partial charge in [0.05, 0.1) is 29.7 Å². The van der Waals surface area contributed by atoms with Gasteiger partial charge in [0.2, 0.25) is 11.8 Å². The van der Waals surface area contributed by atoms with Gasteiger partial charge in [0, 0.05) is 30.9 Å². The third kappa shape index (κ3) is 2.71. The maximum Gasteiger partial charge on any atom is 0.241 e. The molecule has 0 bridgehead atoms. The average molecular weight is 401 g/mol. The highest BCUT2D eigenvalue weighted by molar-refractivity contribution is 5.91. The quantitative estimate of drug-likeness (QED) is 0.563. The average Bonchev–Trinajstić information content (AvgIpc) is 3.13. The SMILES string of the molecule is COc1ncnc2ccc(-c3ccn4nc(NC5CC6(C5)CN(C)C6)ncc34)cc12. The number of rotatable bonds is 4. The molecule has 1 saturated heterocycles. The Bertz CT molecular complexity index is 1250. The highest BCUT2D eigenvalue weighted by atomic mass is 16.5. The van der Waals surface area contributed by atoms with Crippen molar-refractivity contribution < 1.29 is 4.74 Å². The van der Waals surface area contributed by atoms with Crippen LogP contribution < -0.4 is 10.1 Å². The lowest BCUT2D eigenvalue weighted by atomic mass is 9.61. The van der Waals surface area contributed by atoms with E-state index in [1.54, 1.807) is 7.11 Å². The van der Waals surface area contributed by atoms with Gasteiger partial charge in [-0.05, 0) is 49.1 Å². The maximum atomic E-state index is 5.40. The molecule has 8 heteroatoms. The topological polar surface area (TPSA) is 80.5 Å². The Morgan fingerprint density at radius 2 is 2.00 bits per heavy atom. The minimum Gasteiger partial charge on any atom is -0.480 e. The first-order valence-corrected chi connectivity index (χ1v) is 10.2. The van der Waals surface area contributed by atoms with E-state index in [-0.39, 0.29) is 0 Å². The molecule has 8 nitrogen and oxygen atoms in total. The fraction of sp³-hybridized carbons (Fsp3) is 0.364. The minimum atomic E-state index is 0.471. The number of methoxy groups -OCH3 is 1. The Hall–Kier alpha value is -3.26. The highest BCUT2D eigenvalue weighted by Crippen LogP contribution is 2.48. The summed E-state index contributed by atoms with van der Waals surface area (Å²) in [5.41, 5.74) is 4.47. The molecule has 1 N–H and O–H groups in total. The second-order valence-corrected chi connectivity index (χ2v) is 8.68. The van der Waals surface area contributed by atoms with Gasteiger partial charge < -0.3 is 15.0 Å². The van der Waals surface area contributed by atoms with E-state index in [1.165, 1.54) is 32.3 Å². The molecule has 3 aromatic heterocycles. The van der Waals surface area contributed by atoms with Crippen LogP contribution in [0.15, 0.2) is 43.0 Å². The van der Waals surface area contributed by atoms with Crippen LogP contribution in [0.5, 0.6) is 5.88 Å². The standard InChI is InChI=1S/C22H23N7O/c1-28-11-22(12-28)8-15(9-22)26-21-23-10-19-16(5-6-29(19)27-21)14-3-4-18-17(7-14)20(30-2)25-13-24-18/h3-7,10,13,15H,8-9,11-12H2,1-2H3,(H,26,27). The van der Waals surface area contributed by atoms with Crippen LogP contribution in [-0.4, -0.2) is 62.8 Å². The third-order valence-corrected chi connectivity index (χ3v) is 6.42. The van der Waals surface area contributed by atoms with Crippen LogP contribution >= 0.6 is 0 Å². The smallest absolute Gasteiger partial charge is 0.241 e. The molecule has 0 unspecified atom stereocenters. The molecule has 6 rings (SSSR count). The molecule has 1 aliphatic carbocycles. The van der Waals surface area contributed by atoms with Crippen molar-refractivity contribution >= 4 is 22.4 Å². The summed E-state index contributed by atoms with van der Waals surface area (Å²) in [5.74, 6) is 1.26. The van der Waals surface area contributed by atoms with Crippen LogP contribution in [0.2, 0.25) is 0 Å². The number of likely N-dealkylation sites (tertiary alicyclic amines) is 1. The Balaban J connectivity index is 1.27. The maximum absolute atomic E-state index is 5.40. The molecule has 1 aliphatic heterocycles. The van der Waals surface area contributed by atoms with Crippen molar-refractivity contribution in [3.05, 3.63) is 43.0 Å². The second kappa shape index (κ2) is 6.37.